The van der Waals surface area contributed by atoms with Gasteiger partial charge in [0, 0.05) is 10.8 Å². The standard InChI is InChI=1S/C16H16O2/c1-16(2,3)10-6-8-13(17)15-11-12-7-4-5-9-14(12)18-15/h4-5,7,9,11H,8H2,1-3H3. The highest BCUT2D eigenvalue weighted by atomic mass is 16.3. The van der Waals surface area contributed by atoms with Crippen molar-refractivity contribution in [2.24, 2.45) is 5.41 Å². The quantitative estimate of drug-likeness (QED) is 0.585. The first-order valence-corrected chi connectivity index (χ1v) is 5.97. The van der Waals surface area contributed by atoms with Gasteiger partial charge in [0.15, 0.2) is 5.76 Å². The molecule has 0 saturated carbocycles. The van der Waals surface area contributed by atoms with Crippen LogP contribution in [0.3, 0.4) is 0 Å². The van der Waals surface area contributed by atoms with Crippen LogP contribution in [0.1, 0.15) is 37.7 Å². The number of hydrogen-bond acceptors (Lipinski definition) is 2. The second kappa shape index (κ2) is 4.70. The van der Waals surface area contributed by atoms with E-state index in [4.69, 9.17) is 4.42 Å². The zero-order valence-electron chi connectivity index (χ0n) is 10.9. The van der Waals surface area contributed by atoms with Gasteiger partial charge in [-0.15, -0.1) is 0 Å². The van der Waals surface area contributed by atoms with E-state index in [0.717, 1.165) is 11.0 Å². The molecule has 0 aliphatic carbocycles. The molecule has 0 aliphatic rings. The van der Waals surface area contributed by atoms with Crippen LogP contribution in [0.4, 0.5) is 0 Å². The molecule has 0 spiro atoms. The average Bonchev–Trinajstić information content (AvgIpc) is 2.70. The van der Waals surface area contributed by atoms with Gasteiger partial charge in [-0.05, 0) is 32.9 Å². The monoisotopic (exact) mass is 240 g/mol. The van der Waals surface area contributed by atoms with Gasteiger partial charge in [-0.1, -0.05) is 30.0 Å². The molecule has 0 fully saturated rings. The van der Waals surface area contributed by atoms with Crippen LogP contribution >= 0.6 is 0 Å². The average molecular weight is 240 g/mol. The first-order chi connectivity index (χ1) is 8.46. The number of benzene rings is 1. The summed E-state index contributed by atoms with van der Waals surface area (Å²) in [5.41, 5.74) is 0.665. The summed E-state index contributed by atoms with van der Waals surface area (Å²) < 4.78 is 5.50. The summed E-state index contributed by atoms with van der Waals surface area (Å²) in [6.45, 7) is 6.06. The van der Waals surface area contributed by atoms with Crippen LogP contribution in [0.25, 0.3) is 11.0 Å². The van der Waals surface area contributed by atoms with E-state index in [1.165, 1.54) is 0 Å². The lowest BCUT2D eigenvalue weighted by Gasteiger charge is -2.06. The Balaban J connectivity index is 2.16. The Bertz CT molecular complexity index is 597. The number of hydrogen-bond donors (Lipinski definition) is 0. The fraction of sp³-hybridized carbons (Fsp3) is 0.312. The van der Waals surface area contributed by atoms with E-state index < -0.39 is 0 Å². The van der Waals surface area contributed by atoms with Crippen LogP contribution in [-0.2, 0) is 0 Å². The summed E-state index contributed by atoms with van der Waals surface area (Å²) in [5, 5.41) is 0.949. The molecule has 0 saturated heterocycles. The van der Waals surface area contributed by atoms with Crippen LogP contribution in [0.5, 0.6) is 0 Å². The van der Waals surface area contributed by atoms with Gasteiger partial charge < -0.3 is 4.42 Å². The third kappa shape index (κ3) is 3.01. The minimum absolute atomic E-state index is 0.0667. The molecule has 0 bridgehead atoms. The fourth-order valence-electron chi connectivity index (χ4n) is 1.60. The third-order valence-corrected chi connectivity index (χ3v) is 2.41. The summed E-state index contributed by atoms with van der Waals surface area (Å²) in [5.74, 6) is 6.27. The van der Waals surface area contributed by atoms with Crippen molar-refractivity contribution in [3.63, 3.8) is 0 Å². The van der Waals surface area contributed by atoms with E-state index in [2.05, 4.69) is 11.8 Å². The molecule has 1 aromatic carbocycles. The van der Waals surface area contributed by atoms with E-state index in [9.17, 15) is 4.79 Å². The number of ketones is 1. The van der Waals surface area contributed by atoms with Gasteiger partial charge in [0.25, 0.3) is 0 Å². The van der Waals surface area contributed by atoms with Crippen molar-refractivity contribution >= 4 is 16.8 Å². The van der Waals surface area contributed by atoms with Crippen LogP contribution in [0, 0.1) is 17.3 Å². The number of carbonyl (C=O) groups excluding carboxylic acids is 1. The first kappa shape index (κ1) is 12.4. The Hall–Kier alpha value is -2.01. The van der Waals surface area contributed by atoms with Crippen LogP contribution in [-0.4, -0.2) is 5.78 Å². The molecular formula is C16H16O2. The highest BCUT2D eigenvalue weighted by molar-refractivity contribution is 5.98. The van der Waals surface area contributed by atoms with Crippen molar-refractivity contribution in [2.45, 2.75) is 27.2 Å². The van der Waals surface area contributed by atoms with Gasteiger partial charge in [-0.25, -0.2) is 0 Å². The maximum atomic E-state index is 11.9. The third-order valence-electron chi connectivity index (χ3n) is 2.41. The Labute approximate surface area is 107 Å². The second-order valence-electron chi connectivity index (χ2n) is 5.30. The highest BCUT2D eigenvalue weighted by Gasteiger charge is 2.11. The van der Waals surface area contributed by atoms with E-state index in [-0.39, 0.29) is 17.6 Å². The van der Waals surface area contributed by atoms with Crippen molar-refractivity contribution in [2.75, 3.05) is 0 Å². The van der Waals surface area contributed by atoms with Crippen molar-refractivity contribution in [1.82, 2.24) is 0 Å². The summed E-state index contributed by atoms with van der Waals surface area (Å²) in [7, 11) is 0. The van der Waals surface area contributed by atoms with Gasteiger partial charge in [0.1, 0.15) is 5.58 Å². The number of furan rings is 1. The van der Waals surface area contributed by atoms with E-state index in [1.807, 2.05) is 45.0 Å². The molecule has 2 heteroatoms. The molecule has 2 aromatic rings. The van der Waals surface area contributed by atoms with Crippen LogP contribution in [0.15, 0.2) is 34.7 Å². The van der Waals surface area contributed by atoms with E-state index >= 15 is 0 Å². The van der Waals surface area contributed by atoms with Crippen molar-refractivity contribution in [3.05, 3.63) is 36.1 Å². The highest BCUT2D eigenvalue weighted by Crippen LogP contribution is 2.19. The molecule has 1 heterocycles. The van der Waals surface area contributed by atoms with Crippen molar-refractivity contribution in [3.8, 4) is 11.8 Å². The summed E-state index contributed by atoms with van der Waals surface area (Å²) in [6, 6.07) is 9.37. The largest absolute Gasteiger partial charge is 0.453 e. The summed E-state index contributed by atoms with van der Waals surface area (Å²) in [6.07, 6.45) is 0.205. The molecule has 92 valence electrons. The predicted molar refractivity (Wildman–Crippen MR) is 72.4 cm³/mol. The van der Waals surface area contributed by atoms with Gasteiger partial charge in [0.05, 0.1) is 6.42 Å². The van der Waals surface area contributed by atoms with Crippen molar-refractivity contribution in [1.29, 1.82) is 0 Å². The number of carbonyl (C=O) groups is 1. The number of fused-ring (bicyclic) bond motifs is 1. The number of Topliss-reactive ketones (excluding diaryl/α,β-unsaturated/α-hetero) is 1. The number of para-hydroxylation sites is 1. The molecule has 0 unspecified atom stereocenters. The molecule has 18 heavy (non-hydrogen) atoms. The van der Waals surface area contributed by atoms with E-state index in [1.54, 1.807) is 6.07 Å². The molecule has 0 N–H and O–H groups in total. The minimum atomic E-state index is -0.0752. The van der Waals surface area contributed by atoms with Gasteiger partial charge >= 0.3 is 0 Å². The van der Waals surface area contributed by atoms with Gasteiger partial charge in [-0.2, -0.15) is 0 Å². The Morgan fingerprint density at radius 3 is 2.67 bits per heavy atom. The molecule has 1 aromatic heterocycles. The zero-order chi connectivity index (χ0) is 13.2. The normalized spacial score (nSPS) is 11.1. The molecule has 2 nitrogen and oxygen atoms in total. The molecule has 0 radical (unpaired) electrons. The smallest absolute Gasteiger partial charge is 0.209 e. The van der Waals surface area contributed by atoms with Crippen molar-refractivity contribution < 1.29 is 9.21 Å². The SMILES string of the molecule is CC(C)(C)C#CCC(=O)c1cc2ccccc2o1. The molecular weight excluding hydrogens is 224 g/mol. The topological polar surface area (TPSA) is 30.2 Å². The molecule has 0 amide bonds. The van der Waals surface area contributed by atoms with Crippen LogP contribution in [0.2, 0.25) is 0 Å². The minimum Gasteiger partial charge on any atom is -0.453 e. The Morgan fingerprint density at radius 1 is 1.28 bits per heavy atom. The number of rotatable bonds is 2. The lowest BCUT2D eigenvalue weighted by Crippen LogP contribution is -2.00. The van der Waals surface area contributed by atoms with Crippen LogP contribution < -0.4 is 0 Å². The first-order valence-electron chi connectivity index (χ1n) is 5.97. The second-order valence-corrected chi connectivity index (χ2v) is 5.30. The predicted octanol–water partition coefficient (Wildman–Crippen LogP) is 4.06. The fourth-order valence-corrected chi connectivity index (χ4v) is 1.60. The molecule has 0 aliphatic heterocycles. The summed E-state index contributed by atoms with van der Waals surface area (Å²) >= 11 is 0. The maximum absolute atomic E-state index is 11.9. The zero-order valence-corrected chi connectivity index (χ0v) is 10.9. The lowest BCUT2D eigenvalue weighted by atomic mass is 9.98. The molecule has 0 atom stereocenters. The summed E-state index contributed by atoms with van der Waals surface area (Å²) in [4.78, 5) is 11.9. The van der Waals surface area contributed by atoms with Gasteiger partial charge in [-0.3, -0.25) is 4.79 Å². The maximum Gasteiger partial charge on any atom is 0.209 e. The Morgan fingerprint density at radius 2 is 2.00 bits per heavy atom. The van der Waals surface area contributed by atoms with E-state index in [0.29, 0.717) is 5.76 Å². The molecule has 2 rings (SSSR count). The van der Waals surface area contributed by atoms with Gasteiger partial charge in [0.2, 0.25) is 5.78 Å². The Kier molecular flexibility index (Phi) is 3.25. The lowest BCUT2D eigenvalue weighted by molar-refractivity contribution is 0.0974.